The third-order valence-electron chi connectivity index (χ3n) is 4.70. The van der Waals surface area contributed by atoms with E-state index in [0.29, 0.717) is 13.1 Å². The minimum Gasteiger partial charge on any atom is -0.467 e. The monoisotopic (exact) mass is 402 g/mol. The van der Waals surface area contributed by atoms with Crippen molar-refractivity contribution < 1.29 is 9.21 Å². The molecule has 1 N–H and O–H groups in total. The number of furan rings is 1. The van der Waals surface area contributed by atoms with Crippen molar-refractivity contribution in [2.75, 3.05) is 0 Å². The number of amides is 2. The number of thiophene rings is 1. The maximum Gasteiger partial charge on any atom is 0.318 e. The second-order valence-corrected chi connectivity index (χ2v) is 7.55. The maximum absolute atomic E-state index is 13.3. The molecule has 0 fully saturated rings. The number of rotatable bonds is 7. The first-order chi connectivity index (χ1) is 14.3. The Balaban J connectivity index is 1.59. The van der Waals surface area contributed by atoms with Crippen LogP contribution in [-0.4, -0.2) is 10.9 Å². The fraction of sp³-hybridized carbons (Fsp3) is 0.125. The van der Waals surface area contributed by atoms with Crippen molar-refractivity contribution in [3.63, 3.8) is 0 Å². The first-order valence-corrected chi connectivity index (χ1v) is 10.4. The lowest BCUT2D eigenvalue weighted by Crippen LogP contribution is -2.41. The summed E-state index contributed by atoms with van der Waals surface area (Å²) < 4.78 is 5.49. The Morgan fingerprint density at radius 2 is 1.59 bits per heavy atom. The van der Waals surface area contributed by atoms with Gasteiger partial charge in [0.05, 0.1) is 18.8 Å². The molecule has 0 saturated carbocycles. The van der Waals surface area contributed by atoms with Crippen LogP contribution < -0.4 is 5.32 Å². The number of nitrogens with one attached hydrogen (secondary N) is 1. The van der Waals surface area contributed by atoms with Gasteiger partial charge >= 0.3 is 6.03 Å². The zero-order valence-corrected chi connectivity index (χ0v) is 16.7. The Hall–Kier alpha value is -3.31. The summed E-state index contributed by atoms with van der Waals surface area (Å²) in [5.41, 5.74) is 3.19. The summed E-state index contributed by atoms with van der Waals surface area (Å²) >= 11 is 1.63. The van der Waals surface area contributed by atoms with Gasteiger partial charge in [-0.25, -0.2) is 4.79 Å². The van der Waals surface area contributed by atoms with Crippen LogP contribution in [0.4, 0.5) is 4.79 Å². The summed E-state index contributed by atoms with van der Waals surface area (Å²) in [4.78, 5) is 15.1. The third-order valence-corrected chi connectivity index (χ3v) is 5.43. The summed E-state index contributed by atoms with van der Waals surface area (Å²) in [7, 11) is 0. The van der Waals surface area contributed by atoms with Gasteiger partial charge in [-0.2, -0.15) is 11.3 Å². The molecule has 5 heteroatoms. The summed E-state index contributed by atoms with van der Waals surface area (Å²) in [6.45, 7) is 0.928. The zero-order valence-electron chi connectivity index (χ0n) is 15.9. The van der Waals surface area contributed by atoms with Crippen LogP contribution in [0.3, 0.4) is 0 Å². The molecule has 2 aromatic carbocycles. The van der Waals surface area contributed by atoms with Crippen molar-refractivity contribution in [2.45, 2.75) is 19.1 Å². The van der Waals surface area contributed by atoms with E-state index in [0.717, 1.165) is 22.5 Å². The molecule has 0 aliphatic carbocycles. The third kappa shape index (κ3) is 4.95. The van der Waals surface area contributed by atoms with E-state index in [1.54, 1.807) is 22.5 Å². The average Bonchev–Trinajstić information content (AvgIpc) is 3.47. The molecule has 4 aromatic rings. The second-order valence-electron chi connectivity index (χ2n) is 6.77. The van der Waals surface area contributed by atoms with Crippen molar-refractivity contribution in [1.29, 1.82) is 0 Å². The molecule has 2 amide bonds. The van der Waals surface area contributed by atoms with E-state index in [9.17, 15) is 4.79 Å². The molecule has 0 aliphatic heterocycles. The summed E-state index contributed by atoms with van der Waals surface area (Å²) in [5.74, 6) is 0.756. The van der Waals surface area contributed by atoms with E-state index in [1.165, 1.54) is 0 Å². The highest BCUT2D eigenvalue weighted by Crippen LogP contribution is 2.23. The van der Waals surface area contributed by atoms with Gasteiger partial charge in [0.1, 0.15) is 5.76 Å². The van der Waals surface area contributed by atoms with Gasteiger partial charge in [-0.05, 0) is 45.6 Å². The van der Waals surface area contributed by atoms with Gasteiger partial charge in [0.2, 0.25) is 0 Å². The predicted molar refractivity (Wildman–Crippen MR) is 116 cm³/mol. The van der Waals surface area contributed by atoms with Crippen molar-refractivity contribution in [3.8, 4) is 0 Å². The lowest BCUT2D eigenvalue weighted by Gasteiger charge is -2.26. The standard InChI is InChI=1S/C24H22N2O2S/c27-24(26(16-19-13-15-29-18-19)17-22-12-7-14-28-22)25-23(20-8-3-1-4-9-20)21-10-5-2-6-11-21/h1-15,18,23H,16-17H2,(H,25,27). The number of nitrogens with zero attached hydrogens (tertiary/aromatic N) is 1. The molecule has 4 nitrogen and oxygen atoms in total. The number of carbonyl (C=O) groups excluding carboxylic acids is 1. The maximum atomic E-state index is 13.3. The van der Waals surface area contributed by atoms with Crippen LogP contribution in [0.2, 0.25) is 0 Å². The summed E-state index contributed by atoms with van der Waals surface area (Å²) in [6.07, 6.45) is 1.63. The van der Waals surface area contributed by atoms with E-state index < -0.39 is 0 Å². The molecular weight excluding hydrogens is 380 g/mol. The number of benzene rings is 2. The number of hydrogen-bond donors (Lipinski definition) is 1. The summed E-state index contributed by atoms with van der Waals surface area (Å²) in [5, 5.41) is 7.31. The highest BCUT2D eigenvalue weighted by molar-refractivity contribution is 7.07. The number of urea groups is 1. The van der Waals surface area contributed by atoms with Gasteiger partial charge in [-0.1, -0.05) is 60.7 Å². The summed E-state index contributed by atoms with van der Waals surface area (Å²) in [6, 6.07) is 25.5. The zero-order chi connectivity index (χ0) is 19.9. The molecule has 0 bridgehead atoms. The van der Waals surface area contributed by atoms with Crippen molar-refractivity contribution in [1.82, 2.24) is 10.2 Å². The highest BCUT2D eigenvalue weighted by Gasteiger charge is 2.22. The molecule has 0 saturated heterocycles. The fourth-order valence-corrected chi connectivity index (χ4v) is 3.92. The SMILES string of the molecule is O=C(NC(c1ccccc1)c1ccccc1)N(Cc1ccsc1)Cc1ccco1. The Bertz CT molecular complexity index is 924. The topological polar surface area (TPSA) is 45.5 Å². The Kier molecular flexibility index (Phi) is 6.07. The van der Waals surface area contributed by atoms with Crippen molar-refractivity contribution in [3.05, 3.63) is 118 Å². The average molecular weight is 403 g/mol. The van der Waals surface area contributed by atoms with E-state index in [4.69, 9.17) is 4.42 Å². The van der Waals surface area contributed by atoms with Gasteiger partial charge in [-0.3, -0.25) is 0 Å². The van der Waals surface area contributed by atoms with Crippen LogP contribution in [-0.2, 0) is 13.1 Å². The smallest absolute Gasteiger partial charge is 0.318 e. The molecule has 0 spiro atoms. The van der Waals surface area contributed by atoms with Crippen LogP contribution in [0, 0.1) is 0 Å². The first-order valence-electron chi connectivity index (χ1n) is 9.48. The lowest BCUT2D eigenvalue weighted by molar-refractivity contribution is 0.185. The van der Waals surface area contributed by atoms with Gasteiger partial charge < -0.3 is 14.6 Å². The molecule has 146 valence electrons. The number of hydrogen-bond acceptors (Lipinski definition) is 3. The van der Waals surface area contributed by atoms with Crippen LogP contribution in [0.25, 0.3) is 0 Å². The fourth-order valence-electron chi connectivity index (χ4n) is 3.26. The molecular formula is C24H22N2O2S. The second kappa shape index (κ2) is 9.26. The molecule has 29 heavy (non-hydrogen) atoms. The highest BCUT2D eigenvalue weighted by atomic mass is 32.1. The molecule has 0 atom stereocenters. The van der Waals surface area contributed by atoms with Gasteiger partial charge in [0.25, 0.3) is 0 Å². The molecule has 0 unspecified atom stereocenters. The molecule has 0 radical (unpaired) electrons. The molecule has 4 rings (SSSR count). The molecule has 2 heterocycles. The van der Waals surface area contributed by atoms with Crippen LogP contribution in [0.15, 0.2) is 100 Å². The van der Waals surface area contributed by atoms with Crippen LogP contribution >= 0.6 is 11.3 Å². The Morgan fingerprint density at radius 1 is 0.897 bits per heavy atom. The van der Waals surface area contributed by atoms with E-state index in [2.05, 4.69) is 10.7 Å². The predicted octanol–water partition coefficient (Wildman–Crippen LogP) is 5.84. The largest absolute Gasteiger partial charge is 0.467 e. The Labute approximate surface area is 174 Å². The van der Waals surface area contributed by atoms with Gasteiger partial charge in [0.15, 0.2) is 0 Å². The minimum absolute atomic E-state index is 0.134. The number of carbonyl (C=O) groups is 1. The quantitative estimate of drug-likeness (QED) is 0.422. The van der Waals surface area contributed by atoms with Crippen LogP contribution in [0.1, 0.15) is 28.5 Å². The van der Waals surface area contributed by atoms with E-state index in [1.807, 2.05) is 84.2 Å². The Morgan fingerprint density at radius 3 is 2.14 bits per heavy atom. The van der Waals surface area contributed by atoms with E-state index >= 15 is 0 Å². The first kappa shape index (κ1) is 19.0. The van der Waals surface area contributed by atoms with Gasteiger partial charge in [0, 0.05) is 6.54 Å². The molecule has 0 aliphatic rings. The van der Waals surface area contributed by atoms with Gasteiger partial charge in [-0.15, -0.1) is 0 Å². The van der Waals surface area contributed by atoms with Crippen LogP contribution in [0.5, 0.6) is 0 Å². The van der Waals surface area contributed by atoms with Crippen molar-refractivity contribution >= 4 is 17.4 Å². The molecule has 2 aromatic heterocycles. The van der Waals surface area contributed by atoms with E-state index in [-0.39, 0.29) is 12.1 Å². The lowest BCUT2D eigenvalue weighted by atomic mass is 9.99. The minimum atomic E-state index is -0.230. The normalized spacial score (nSPS) is 10.8. The van der Waals surface area contributed by atoms with Crippen molar-refractivity contribution in [2.24, 2.45) is 0 Å².